The van der Waals surface area contributed by atoms with Crippen LogP contribution in [0.2, 0.25) is 0 Å². The molecule has 0 saturated heterocycles. The van der Waals surface area contributed by atoms with E-state index in [-0.39, 0.29) is 0 Å². The lowest BCUT2D eigenvalue weighted by atomic mass is 9.82. The third-order valence-corrected chi connectivity index (χ3v) is 3.60. The summed E-state index contributed by atoms with van der Waals surface area (Å²) in [5.41, 5.74) is 6.56. The molecule has 0 atom stereocenters. The van der Waals surface area contributed by atoms with Gasteiger partial charge in [0.2, 0.25) is 0 Å². The molecule has 0 aromatic rings. The van der Waals surface area contributed by atoms with E-state index in [4.69, 9.17) is 0 Å². The first kappa shape index (κ1) is 8.34. The molecule has 1 nitrogen and oxygen atoms in total. The summed E-state index contributed by atoms with van der Waals surface area (Å²) in [5, 5.41) is 3.57. The third-order valence-electron chi connectivity index (χ3n) is 3.60. The molecule has 2 aliphatic carbocycles. The molecule has 0 spiro atoms. The molecule has 3 rings (SSSR count). The van der Waals surface area contributed by atoms with Crippen LogP contribution in [0.4, 0.5) is 0 Å². The molecule has 3 aliphatic rings. The Kier molecular flexibility index (Phi) is 1.97. The minimum absolute atomic E-state index is 1.18. The Morgan fingerprint density at radius 3 is 3.07 bits per heavy atom. The van der Waals surface area contributed by atoms with Crippen molar-refractivity contribution < 1.29 is 0 Å². The Morgan fingerprint density at radius 2 is 2.07 bits per heavy atom. The maximum absolute atomic E-state index is 3.57. The molecule has 74 valence electrons. The highest BCUT2D eigenvalue weighted by Crippen LogP contribution is 2.37. The average Bonchev–Trinajstić information content (AvgIpc) is 2.26. The molecule has 0 fully saturated rings. The third kappa shape index (κ3) is 1.31. The Hall–Kier alpha value is -0.980. The van der Waals surface area contributed by atoms with Crippen molar-refractivity contribution in [1.82, 2.24) is 5.32 Å². The molecule has 1 aliphatic heterocycles. The molecule has 1 heteroatoms. The van der Waals surface area contributed by atoms with Gasteiger partial charge in [0, 0.05) is 18.7 Å². The van der Waals surface area contributed by atoms with Gasteiger partial charge in [0.05, 0.1) is 0 Å². The van der Waals surface area contributed by atoms with Gasteiger partial charge in [0.1, 0.15) is 0 Å². The Labute approximate surface area is 85.6 Å². The monoisotopic (exact) mass is 187 g/mol. The zero-order valence-corrected chi connectivity index (χ0v) is 8.60. The van der Waals surface area contributed by atoms with Gasteiger partial charge in [-0.15, -0.1) is 0 Å². The van der Waals surface area contributed by atoms with E-state index >= 15 is 0 Å². The lowest BCUT2D eigenvalue weighted by molar-refractivity contribution is 0.614. The summed E-state index contributed by atoms with van der Waals surface area (Å²) in [6.07, 6.45) is 12.4. The topological polar surface area (TPSA) is 12.0 Å². The van der Waals surface area contributed by atoms with Gasteiger partial charge < -0.3 is 5.32 Å². The van der Waals surface area contributed by atoms with Crippen LogP contribution in [0.5, 0.6) is 0 Å². The normalized spacial score (nSPS) is 25.7. The van der Waals surface area contributed by atoms with Gasteiger partial charge in [-0.3, -0.25) is 0 Å². The quantitative estimate of drug-likeness (QED) is 0.614. The first-order valence-corrected chi connectivity index (χ1v) is 5.76. The van der Waals surface area contributed by atoms with Crippen LogP contribution in [0.15, 0.2) is 34.6 Å². The lowest BCUT2D eigenvalue weighted by Gasteiger charge is -2.30. The van der Waals surface area contributed by atoms with Gasteiger partial charge in [0.15, 0.2) is 0 Å². The summed E-state index contributed by atoms with van der Waals surface area (Å²) < 4.78 is 0. The SMILES string of the molecule is C1=CC2=C(CC1)CC1=C(C2)NCCC1. The van der Waals surface area contributed by atoms with Crippen LogP contribution >= 0.6 is 0 Å². The maximum atomic E-state index is 3.57. The van der Waals surface area contributed by atoms with Gasteiger partial charge in [-0.2, -0.15) is 0 Å². The second-order valence-corrected chi connectivity index (χ2v) is 4.54. The number of hydrogen-bond donors (Lipinski definition) is 1. The summed E-state index contributed by atoms with van der Waals surface area (Å²) >= 11 is 0. The van der Waals surface area contributed by atoms with Crippen molar-refractivity contribution >= 4 is 0 Å². The van der Waals surface area contributed by atoms with Crippen molar-refractivity contribution in [1.29, 1.82) is 0 Å². The molecule has 0 bridgehead atoms. The first-order chi connectivity index (χ1) is 6.93. The van der Waals surface area contributed by atoms with Gasteiger partial charge >= 0.3 is 0 Å². The van der Waals surface area contributed by atoms with Crippen LogP contribution in [0.3, 0.4) is 0 Å². The average molecular weight is 187 g/mol. The molecule has 14 heavy (non-hydrogen) atoms. The summed E-state index contributed by atoms with van der Waals surface area (Å²) in [5.74, 6) is 0. The van der Waals surface area contributed by atoms with Crippen molar-refractivity contribution in [2.45, 2.75) is 38.5 Å². The molecule has 0 unspecified atom stereocenters. The Bertz CT molecular complexity index is 344. The first-order valence-electron chi connectivity index (χ1n) is 5.76. The highest BCUT2D eigenvalue weighted by molar-refractivity contribution is 5.41. The van der Waals surface area contributed by atoms with E-state index in [0.717, 1.165) is 0 Å². The van der Waals surface area contributed by atoms with Crippen LogP contribution < -0.4 is 5.32 Å². The van der Waals surface area contributed by atoms with E-state index in [1.807, 2.05) is 0 Å². The molecular weight excluding hydrogens is 170 g/mol. The second-order valence-electron chi connectivity index (χ2n) is 4.54. The van der Waals surface area contributed by atoms with Crippen LogP contribution in [0.25, 0.3) is 0 Å². The minimum Gasteiger partial charge on any atom is -0.388 e. The van der Waals surface area contributed by atoms with Crippen molar-refractivity contribution in [3.63, 3.8) is 0 Å². The fourth-order valence-electron chi connectivity index (χ4n) is 2.79. The molecule has 1 N–H and O–H groups in total. The number of hydrogen-bond acceptors (Lipinski definition) is 1. The Morgan fingerprint density at radius 1 is 1.07 bits per heavy atom. The molecule has 0 aromatic carbocycles. The van der Waals surface area contributed by atoms with Crippen LogP contribution in [0, 0.1) is 0 Å². The van der Waals surface area contributed by atoms with Crippen LogP contribution in [0.1, 0.15) is 38.5 Å². The molecule has 1 heterocycles. The zero-order chi connectivity index (χ0) is 9.38. The zero-order valence-electron chi connectivity index (χ0n) is 8.60. The van der Waals surface area contributed by atoms with E-state index in [9.17, 15) is 0 Å². The standard InChI is InChI=1S/C13H17N/c1-2-5-11-9-13-12(6-3-7-14-13)8-10(11)4-1/h2,5,14H,1,3-4,6-9H2. The minimum atomic E-state index is 1.18. The van der Waals surface area contributed by atoms with Crippen molar-refractivity contribution in [3.8, 4) is 0 Å². The largest absolute Gasteiger partial charge is 0.388 e. The van der Waals surface area contributed by atoms with Gasteiger partial charge in [-0.05, 0) is 43.3 Å². The van der Waals surface area contributed by atoms with Crippen molar-refractivity contribution in [2.24, 2.45) is 0 Å². The molecule has 0 radical (unpaired) electrons. The predicted molar refractivity (Wildman–Crippen MR) is 58.9 cm³/mol. The van der Waals surface area contributed by atoms with E-state index < -0.39 is 0 Å². The summed E-state index contributed by atoms with van der Waals surface area (Å²) in [7, 11) is 0. The Balaban J connectivity index is 1.88. The second kappa shape index (κ2) is 3.30. The predicted octanol–water partition coefficient (Wildman–Crippen LogP) is 3.06. The number of allylic oxidation sites excluding steroid dienone is 5. The molecular formula is C13H17N. The van der Waals surface area contributed by atoms with Crippen molar-refractivity contribution in [3.05, 3.63) is 34.6 Å². The summed E-state index contributed by atoms with van der Waals surface area (Å²) in [6.45, 7) is 1.19. The lowest BCUT2D eigenvalue weighted by Crippen LogP contribution is -2.25. The van der Waals surface area contributed by atoms with Crippen molar-refractivity contribution in [2.75, 3.05) is 6.54 Å². The molecule has 0 saturated carbocycles. The van der Waals surface area contributed by atoms with Crippen LogP contribution in [-0.4, -0.2) is 6.54 Å². The van der Waals surface area contributed by atoms with E-state index in [2.05, 4.69) is 17.5 Å². The maximum Gasteiger partial charge on any atom is 0.0147 e. The summed E-state index contributed by atoms with van der Waals surface area (Å²) in [6, 6.07) is 0. The summed E-state index contributed by atoms with van der Waals surface area (Å²) in [4.78, 5) is 0. The van der Waals surface area contributed by atoms with E-state index in [1.165, 1.54) is 45.1 Å². The highest BCUT2D eigenvalue weighted by atomic mass is 14.9. The fraction of sp³-hybridized carbons (Fsp3) is 0.538. The fourth-order valence-corrected chi connectivity index (χ4v) is 2.79. The van der Waals surface area contributed by atoms with Crippen LogP contribution in [-0.2, 0) is 0 Å². The number of nitrogens with one attached hydrogen (secondary N) is 1. The van der Waals surface area contributed by atoms with Gasteiger partial charge in [0.25, 0.3) is 0 Å². The molecule has 0 aromatic heterocycles. The van der Waals surface area contributed by atoms with Gasteiger partial charge in [-0.25, -0.2) is 0 Å². The van der Waals surface area contributed by atoms with E-state index in [0.29, 0.717) is 0 Å². The number of rotatable bonds is 0. The smallest absolute Gasteiger partial charge is 0.0147 e. The molecule has 0 amide bonds. The van der Waals surface area contributed by atoms with E-state index in [1.54, 1.807) is 22.4 Å². The van der Waals surface area contributed by atoms with Gasteiger partial charge in [-0.1, -0.05) is 17.7 Å². The highest BCUT2D eigenvalue weighted by Gasteiger charge is 2.21.